The van der Waals surface area contributed by atoms with Crippen molar-refractivity contribution in [1.82, 2.24) is 0 Å². The molecule has 1 aliphatic heterocycles. The lowest BCUT2D eigenvalue weighted by Crippen LogP contribution is -2.23. The molecule has 2 rings (SSSR count). The molecule has 0 aliphatic carbocycles. The quantitative estimate of drug-likeness (QED) is 0.884. The molecular weight excluding hydrogens is 228 g/mol. The second kappa shape index (κ2) is 5.38. The minimum atomic E-state index is -0.533. The van der Waals surface area contributed by atoms with Crippen molar-refractivity contribution >= 4 is 5.69 Å². The predicted molar refractivity (Wildman–Crippen MR) is 69.4 cm³/mol. The molecule has 4 heteroatoms. The van der Waals surface area contributed by atoms with E-state index in [-0.39, 0.29) is 6.10 Å². The normalized spacial score (nSPS) is 20.8. The molecule has 0 saturated carbocycles. The van der Waals surface area contributed by atoms with Crippen LogP contribution < -0.4 is 4.90 Å². The van der Waals surface area contributed by atoms with Crippen LogP contribution in [0, 0.1) is 11.3 Å². The molecule has 1 saturated heterocycles. The number of rotatable bonds is 3. The molecule has 1 heterocycles. The molecule has 4 nitrogen and oxygen atoms in total. The van der Waals surface area contributed by atoms with Gasteiger partial charge in [-0.15, -0.1) is 0 Å². The van der Waals surface area contributed by atoms with Crippen LogP contribution in [0.3, 0.4) is 0 Å². The lowest BCUT2D eigenvalue weighted by atomic mass is 10.0. The van der Waals surface area contributed by atoms with Gasteiger partial charge in [-0.05, 0) is 25.5 Å². The van der Waals surface area contributed by atoms with Gasteiger partial charge in [0.15, 0.2) is 0 Å². The molecule has 1 aliphatic rings. The van der Waals surface area contributed by atoms with Crippen molar-refractivity contribution in [2.45, 2.75) is 25.6 Å². The summed E-state index contributed by atoms with van der Waals surface area (Å²) in [4.78, 5) is 2.18. The number of nitrogens with zero attached hydrogens (tertiary/aromatic N) is 2. The lowest BCUT2D eigenvalue weighted by Gasteiger charge is -2.23. The Morgan fingerprint density at radius 2 is 2.33 bits per heavy atom. The maximum Gasteiger partial charge on any atom is 0.0992 e. The van der Waals surface area contributed by atoms with Crippen molar-refractivity contribution in [3.63, 3.8) is 0 Å². The molecular formula is C14H18N2O2. The van der Waals surface area contributed by atoms with Crippen LogP contribution >= 0.6 is 0 Å². The second-order valence-corrected chi connectivity index (χ2v) is 4.65. The fourth-order valence-electron chi connectivity index (χ4n) is 2.38. The van der Waals surface area contributed by atoms with Gasteiger partial charge in [-0.25, -0.2) is 0 Å². The van der Waals surface area contributed by atoms with E-state index >= 15 is 0 Å². The van der Waals surface area contributed by atoms with Gasteiger partial charge in [-0.3, -0.25) is 0 Å². The van der Waals surface area contributed by atoms with E-state index in [0.29, 0.717) is 5.56 Å². The maximum atomic E-state index is 9.81. The first-order valence-electron chi connectivity index (χ1n) is 6.15. The highest BCUT2D eigenvalue weighted by molar-refractivity contribution is 5.59. The average Bonchev–Trinajstić information content (AvgIpc) is 2.86. The Balaban J connectivity index is 2.33. The van der Waals surface area contributed by atoms with E-state index < -0.39 is 6.10 Å². The van der Waals surface area contributed by atoms with Crippen LogP contribution in [0.2, 0.25) is 0 Å². The zero-order valence-electron chi connectivity index (χ0n) is 10.8. The first kappa shape index (κ1) is 12.9. The summed E-state index contributed by atoms with van der Waals surface area (Å²) in [5, 5.41) is 18.8. The monoisotopic (exact) mass is 246 g/mol. The summed E-state index contributed by atoms with van der Waals surface area (Å²) in [6.07, 6.45) is 0.680. The standard InChI is InChI=1S/C14H18N2O2/c1-10(17)13-4-3-11(8-15)7-14(13)16-6-5-12(9-16)18-2/h3-4,7,10,12,17H,5-6,9H2,1-2H3. The minimum Gasteiger partial charge on any atom is -0.389 e. The summed E-state index contributed by atoms with van der Waals surface area (Å²) in [5.41, 5.74) is 2.43. The SMILES string of the molecule is COC1CCN(c2cc(C#N)ccc2C(C)O)C1. The fourth-order valence-corrected chi connectivity index (χ4v) is 2.38. The van der Waals surface area contributed by atoms with Crippen molar-refractivity contribution in [2.24, 2.45) is 0 Å². The molecule has 0 bridgehead atoms. The first-order valence-corrected chi connectivity index (χ1v) is 6.15. The van der Waals surface area contributed by atoms with E-state index in [9.17, 15) is 5.11 Å². The van der Waals surface area contributed by atoms with Crippen LogP contribution in [-0.2, 0) is 4.74 Å². The second-order valence-electron chi connectivity index (χ2n) is 4.65. The van der Waals surface area contributed by atoms with Gasteiger partial charge in [0.05, 0.1) is 23.8 Å². The van der Waals surface area contributed by atoms with E-state index in [2.05, 4.69) is 11.0 Å². The van der Waals surface area contributed by atoms with E-state index in [1.165, 1.54) is 0 Å². The Morgan fingerprint density at radius 3 is 2.89 bits per heavy atom. The Kier molecular flexibility index (Phi) is 3.85. The van der Waals surface area contributed by atoms with Crippen LogP contribution in [0.5, 0.6) is 0 Å². The van der Waals surface area contributed by atoms with Crippen LogP contribution in [-0.4, -0.2) is 31.4 Å². The Labute approximate surface area is 107 Å². The van der Waals surface area contributed by atoms with E-state index in [1.807, 2.05) is 12.1 Å². The number of aliphatic hydroxyl groups excluding tert-OH is 1. The van der Waals surface area contributed by atoms with Gasteiger partial charge in [0.1, 0.15) is 0 Å². The summed E-state index contributed by atoms with van der Waals surface area (Å²) in [5.74, 6) is 0. The van der Waals surface area contributed by atoms with Crippen LogP contribution in [0.25, 0.3) is 0 Å². The number of aliphatic hydroxyl groups is 1. The number of ether oxygens (including phenoxy) is 1. The fraction of sp³-hybridized carbons (Fsp3) is 0.500. The number of anilines is 1. The third kappa shape index (κ3) is 2.47. The van der Waals surface area contributed by atoms with Gasteiger partial charge in [0.25, 0.3) is 0 Å². The lowest BCUT2D eigenvalue weighted by molar-refractivity contribution is 0.121. The number of hydrogen-bond donors (Lipinski definition) is 1. The van der Waals surface area contributed by atoms with Crippen molar-refractivity contribution in [1.29, 1.82) is 5.26 Å². The maximum absolute atomic E-state index is 9.81. The van der Waals surface area contributed by atoms with E-state index in [1.54, 1.807) is 20.1 Å². The molecule has 1 N–H and O–H groups in total. The van der Waals surface area contributed by atoms with Crippen molar-refractivity contribution in [3.8, 4) is 6.07 Å². The Hall–Kier alpha value is -1.57. The summed E-state index contributed by atoms with van der Waals surface area (Å²) in [6.45, 7) is 3.45. The minimum absolute atomic E-state index is 0.234. The first-order chi connectivity index (χ1) is 8.65. The summed E-state index contributed by atoms with van der Waals surface area (Å²) < 4.78 is 5.35. The number of methoxy groups -OCH3 is 1. The third-order valence-corrected chi connectivity index (χ3v) is 3.43. The molecule has 18 heavy (non-hydrogen) atoms. The van der Waals surface area contributed by atoms with Gasteiger partial charge in [0, 0.05) is 31.5 Å². The average molecular weight is 246 g/mol. The van der Waals surface area contributed by atoms with Gasteiger partial charge < -0.3 is 14.7 Å². The smallest absolute Gasteiger partial charge is 0.0992 e. The molecule has 96 valence electrons. The number of hydrogen-bond acceptors (Lipinski definition) is 4. The van der Waals surface area contributed by atoms with Crippen molar-refractivity contribution in [3.05, 3.63) is 29.3 Å². The zero-order valence-corrected chi connectivity index (χ0v) is 10.8. The van der Waals surface area contributed by atoms with Gasteiger partial charge in [-0.1, -0.05) is 6.07 Å². The largest absolute Gasteiger partial charge is 0.389 e. The van der Waals surface area contributed by atoms with Crippen molar-refractivity contribution in [2.75, 3.05) is 25.1 Å². The molecule has 1 fully saturated rings. The molecule has 0 spiro atoms. The zero-order chi connectivity index (χ0) is 13.1. The van der Waals surface area contributed by atoms with Crippen LogP contribution in [0.4, 0.5) is 5.69 Å². The molecule has 0 aromatic heterocycles. The van der Waals surface area contributed by atoms with Crippen LogP contribution in [0.15, 0.2) is 18.2 Å². The molecule has 1 aromatic carbocycles. The van der Waals surface area contributed by atoms with Crippen molar-refractivity contribution < 1.29 is 9.84 Å². The molecule has 2 unspecified atom stereocenters. The highest BCUT2D eigenvalue weighted by Gasteiger charge is 2.25. The summed E-state index contributed by atoms with van der Waals surface area (Å²) >= 11 is 0. The highest BCUT2D eigenvalue weighted by Crippen LogP contribution is 2.30. The number of nitriles is 1. The van der Waals surface area contributed by atoms with Crippen LogP contribution in [0.1, 0.15) is 30.6 Å². The summed E-state index contributed by atoms with van der Waals surface area (Å²) in [7, 11) is 1.72. The molecule has 0 amide bonds. The van der Waals surface area contributed by atoms with E-state index in [0.717, 1.165) is 30.8 Å². The molecule has 1 aromatic rings. The Morgan fingerprint density at radius 1 is 1.56 bits per heavy atom. The highest BCUT2D eigenvalue weighted by atomic mass is 16.5. The predicted octanol–water partition coefficient (Wildman–Crippen LogP) is 1.84. The summed E-state index contributed by atoms with van der Waals surface area (Å²) in [6, 6.07) is 7.57. The number of benzene rings is 1. The van der Waals surface area contributed by atoms with Gasteiger partial charge in [0.2, 0.25) is 0 Å². The molecule has 0 radical (unpaired) electrons. The third-order valence-electron chi connectivity index (χ3n) is 3.43. The molecule has 2 atom stereocenters. The van der Waals surface area contributed by atoms with Gasteiger partial charge in [-0.2, -0.15) is 5.26 Å². The van der Waals surface area contributed by atoms with E-state index in [4.69, 9.17) is 10.00 Å². The van der Waals surface area contributed by atoms with Gasteiger partial charge >= 0.3 is 0 Å². The Bertz CT molecular complexity index is 465. The topological polar surface area (TPSA) is 56.5 Å².